The van der Waals surface area contributed by atoms with Crippen LogP contribution in [-0.2, 0) is 0 Å². The molecular formula is C15H24N2OS. The lowest BCUT2D eigenvalue weighted by molar-refractivity contribution is 0.0952. The topological polar surface area (TPSA) is 32.3 Å². The molecule has 1 rings (SSSR count). The average Bonchev–Trinajstić information content (AvgIpc) is 2.38. The highest BCUT2D eigenvalue weighted by Gasteiger charge is 2.05. The number of rotatable bonds is 7. The van der Waals surface area contributed by atoms with Crippen molar-refractivity contribution in [1.82, 2.24) is 10.2 Å². The summed E-state index contributed by atoms with van der Waals surface area (Å²) in [6.45, 7) is 6.18. The van der Waals surface area contributed by atoms with Gasteiger partial charge in [-0.05, 0) is 64.5 Å². The van der Waals surface area contributed by atoms with Crippen molar-refractivity contribution in [2.45, 2.75) is 37.6 Å². The molecular weight excluding hydrogens is 256 g/mol. The van der Waals surface area contributed by atoms with Gasteiger partial charge in [0.1, 0.15) is 0 Å². The Bertz CT molecular complexity index is 390. The van der Waals surface area contributed by atoms with Gasteiger partial charge in [-0.25, -0.2) is 0 Å². The molecule has 1 amide bonds. The normalized spacial score (nSPS) is 11.1. The van der Waals surface area contributed by atoms with Gasteiger partial charge in [0.05, 0.1) is 0 Å². The van der Waals surface area contributed by atoms with Gasteiger partial charge in [0.25, 0.3) is 5.91 Å². The molecule has 1 N–H and O–H groups in total. The van der Waals surface area contributed by atoms with Gasteiger partial charge in [-0.3, -0.25) is 4.79 Å². The highest BCUT2D eigenvalue weighted by molar-refractivity contribution is 7.80. The maximum absolute atomic E-state index is 11.8. The standard InChI is InChI=1S/C15H24N2OS/c1-12(2)17(3)11-5-4-10-16-15(18)13-6-8-14(19)9-7-13/h6-9,12,19H,4-5,10-11H2,1-3H3,(H,16,18). The van der Waals surface area contributed by atoms with Crippen LogP contribution < -0.4 is 5.32 Å². The van der Waals surface area contributed by atoms with Crippen LogP contribution in [0.2, 0.25) is 0 Å². The summed E-state index contributed by atoms with van der Waals surface area (Å²) in [5.74, 6) is -0.00875. The van der Waals surface area contributed by atoms with Crippen LogP contribution in [0.15, 0.2) is 29.2 Å². The molecule has 0 aromatic heterocycles. The van der Waals surface area contributed by atoms with Crippen LogP contribution in [0.3, 0.4) is 0 Å². The van der Waals surface area contributed by atoms with E-state index in [2.05, 4.69) is 43.7 Å². The smallest absolute Gasteiger partial charge is 0.251 e. The monoisotopic (exact) mass is 280 g/mol. The van der Waals surface area contributed by atoms with E-state index in [4.69, 9.17) is 0 Å². The number of nitrogens with one attached hydrogen (secondary N) is 1. The Kier molecular flexibility index (Phi) is 6.95. The summed E-state index contributed by atoms with van der Waals surface area (Å²) in [7, 11) is 2.13. The van der Waals surface area contributed by atoms with Crippen LogP contribution in [-0.4, -0.2) is 37.0 Å². The summed E-state index contributed by atoms with van der Waals surface area (Å²) in [4.78, 5) is 15.0. The van der Waals surface area contributed by atoms with Crippen molar-refractivity contribution in [3.05, 3.63) is 29.8 Å². The zero-order valence-electron chi connectivity index (χ0n) is 12.0. The Morgan fingerprint density at radius 3 is 2.47 bits per heavy atom. The lowest BCUT2D eigenvalue weighted by Gasteiger charge is -2.20. The highest BCUT2D eigenvalue weighted by Crippen LogP contribution is 2.07. The number of carbonyl (C=O) groups is 1. The molecule has 1 aromatic rings. The fourth-order valence-electron chi connectivity index (χ4n) is 1.66. The molecule has 1 aromatic carbocycles. The van der Waals surface area contributed by atoms with E-state index in [1.807, 2.05) is 12.1 Å². The molecule has 0 unspecified atom stereocenters. The van der Waals surface area contributed by atoms with E-state index < -0.39 is 0 Å². The van der Waals surface area contributed by atoms with Gasteiger partial charge >= 0.3 is 0 Å². The van der Waals surface area contributed by atoms with E-state index >= 15 is 0 Å². The molecule has 0 saturated heterocycles. The van der Waals surface area contributed by atoms with Crippen LogP contribution in [0.25, 0.3) is 0 Å². The lowest BCUT2D eigenvalue weighted by Crippen LogP contribution is -2.29. The molecule has 106 valence electrons. The van der Waals surface area contributed by atoms with Gasteiger partial charge in [-0.1, -0.05) is 0 Å². The molecule has 0 atom stereocenters. The molecule has 4 heteroatoms. The number of hydrogen-bond acceptors (Lipinski definition) is 3. The number of amides is 1. The fraction of sp³-hybridized carbons (Fsp3) is 0.533. The van der Waals surface area contributed by atoms with Crippen molar-refractivity contribution in [3.8, 4) is 0 Å². The van der Waals surface area contributed by atoms with Crippen molar-refractivity contribution in [2.75, 3.05) is 20.1 Å². The SMILES string of the molecule is CC(C)N(C)CCCCNC(=O)c1ccc(S)cc1. The lowest BCUT2D eigenvalue weighted by atomic mass is 10.2. The third kappa shape index (κ3) is 6.12. The number of thiol groups is 1. The number of benzene rings is 1. The number of unbranched alkanes of at least 4 members (excludes halogenated alkanes) is 1. The second-order valence-electron chi connectivity index (χ2n) is 5.08. The van der Waals surface area contributed by atoms with E-state index in [1.165, 1.54) is 0 Å². The van der Waals surface area contributed by atoms with E-state index in [0.29, 0.717) is 11.6 Å². The van der Waals surface area contributed by atoms with Crippen molar-refractivity contribution >= 4 is 18.5 Å². The van der Waals surface area contributed by atoms with Crippen molar-refractivity contribution < 1.29 is 4.79 Å². The van der Waals surface area contributed by atoms with Crippen molar-refractivity contribution in [2.24, 2.45) is 0 Å². The Balaban J connectivity index is 2.19. The zero-order chi connectivity index (χ0) is 14.3. The molecule has 0 aliphatic carbocycles. The van der Waals surface area contributed by atoms with Gasteiger partial charge in [-0.2, -0.15) is 0 Å². The Hall–Kier alpha value is -1.00. The molecule has 0 spiro atoms. The molecule has 3 nitrogen and oxygen atoms in total. The van der Waals surface area contributed by atoms with Crippen molar-refractivity contribution in [1.29, 1.82) is 0 Å². The van der Waals surface area contributed by atoms with E-state index in [0.717, 1.165) is 30.8 Å². The second kappa shape index (κ2) is 8.23. The molecule has 0 bridgehead atoms. The van der Waals surface area contributed by atoms with Crippen LogP contribution in [0.4, 0.5) is 0 Å². The van der Waals surface area contributed by atoms with Gasteiger partial charge in [0, 0.05) is 23.0 Å². The maximum atomic E-state index is 11.8. The summed E-state index contributed by atoms with van der Waals surface area (Å²) in [6, 6.07) is 7.83. The molecule has 0 aliphatic rings. The number of carbonyl (C=O) groups excluding carboxylic acids is 1. The van der Waals surface area contributed by atoms with Crippen LogP contribution in [0, 0.1) is 0 Å². The number of hydrogen-bond donors (Lipinski definition) is 2. The van der Waals surface area contributed by atoms with E-state index in [9.17, 15) is 4.79 Å². The molecule has 0 fully saturated rings. The first-order valence-electron chi connectivity index (χ1n) is 6.78. The van der Waals surface area contributed by atoms with Crippen LogP contribution in [0.1, 0.15) is 37.0 Å². The molecule has 0 heterocycles. The van der Waals surface area contributed by atoms with Gasteiger partial charge < -0.3 is 10.2 Å². The summed E-state index contributed by atoms with van der Waals surface area (Å²) >= 11 is 4.20. The molecule has 0 saturated carbocycles. The first-order valence-corrected chi connectivity index (χ1v) is 7.23. The zero-order valence-corrected chi connectivity index (χ0v) is 12.9. The predicted molar refractivity (Wildman–Crippen MR) is 83.0 cm³/mol. The van der Waals surface area contributed by atoms with Crippen molar-refractivity contribution in [3.63, 3.8) is 0 Å². The quantitative estimate of drug-likeness (QED) is 0.594. The minimum Gasteiger partial charge on any atom is -0.352 e. The summed E-state index contributed by atoms with van der Waals surface area (Å²) in [5, 5.41) is 2.94. The molecule has 0 radical (unpaired) electrons. The minimum atomic E-state index is -0.00875. The third-order valence-electron chi connectivity index (χ3n) is 3.23. The summed E-state index contributed by atoms with van der Waals surface area (Å²) in [6.07, 6.45) is 2.11. The summed E-state index contributed by atoms with van der Waals surface area (Å²) in [5.41, 5.74) is 0.692. The predicted octanol–water partition coefficient (Wildman–Crippen LogP) is 2.83. The highest BCUT2D eigenvalue weighted by atomic mass is 32.1. The van der Waals surface area contributed by atoms with Gasteiger partial charge in [-0.15, -0.1) is 12.6 Å². The first kappa shape index (κ1) is 16.1. The fourth-order valence-corrected chi connectivity index (χ4v) is 1.81. The largest absolute Gasteiger partial charge is 0.352 e. The van der Waals surface area contributed by atoms with Crippen LogP contribution in [0.5, 0.6) is 0 Å². The number of nitrogens with zero attached hydrogens (tertiary/aromatic N) is 1. The average molecular weight is 280 g/mol. The Labute approximate surface area is 121 Å². The molecule has 0 aliphatic heterocycles. The van der Waals surface area contributed by atoms with E-state index in [-0.39, 0.29) is 5.91 Å². The molecule has 19 heavy (non-hydrogen) atoms. The van der Waals surface area contributed by atoms with Gasteiger partial charge in [0.2, 0.25) is 0 Å². The first-order chi connectivity index (χ1) is 9.00. The summed E-state index contributed by atoms with van der Waals surface area (Å²) < 4.78 is 0. The Morgan fingerprint density at radius 1 is 1.26 bits per heavy atom. The third-order valence-corrected chi connectivity index (χ3v) is 3.53. The minimum absolute atomic E-state index is 0.00875. The Morgan fingerprint density at radius 2 is 1.89 bits per heavy atom. The maximum Gasteiger partial charge on any atom is 0.251 e. The van der Waals surface area contributed by atoms with Crippen LogP contribution >= 0.6 is 12.6 Å². The van der Waals surface area contributed by atoms with E-state index in [1.54, 1.807) is 12.1 Å². The second-order valence-corrected chi connectivity index (χ2v) is 5.60. The van der Waals surface area contributed by atoms with Gasteiger partial charge in [0.15, 0.2) is 0 Å².